The van der Waals surface area contributed by atoms with Gasteiger partial charge in [-0.1, -0.05) is 54.6 Å². The Morgan fingerprint density at radius 1 is 1.05 bits per heavy atom. The highest BCUT2D eigenvalue weighted by molar-refractivity contribution is 6.36. The van der Waals surface area contributed by atoms with E-state index < -0.39 is 0 Å². The van der Waals surface area contributed by atoms with Crippen molar-refractivity contribution in [1.82, 2.24) is 0 Å². The Morgan fingerprint density at radius 3 is 2.27 bits per heavy atom. The first-order valence-corrected chi connectivity index (χ1v) is 7.47. The maximum Gasteiger partial charge on any atom is 0.209 e. The second-order valence-electron chi connectivity index (χ2n) is 6.01. The second-order valence-corrected chi connectivity index (χ2v) is 6.42. The van der Waals surface area contributed by atoms with Gasteiger partial charge in [-0.15, -0.1) is 0 Å². The van der Waals surface area contributed by atoms with Crippen molar-refractivity contribution in [2.75, 3.05) is 7.05 Å². The van der Waals surface area contributed by atoms with E-state index in [4.69, 9.17) is 11.6 Å². The second kappa shape index (κ2) is 5.91. The van der Waals surface area contributed by atoms with E-state index in [1.165, 1.54) is 17.0 Å². The number of hydrogen-bond acceptors (Lipinski definition) is 0. The molecule has 0 saturated carbocycles. The molecule has 0 unspecified atom stereocenters. The van der Waals surface area contributed by atoms with Crippen LogP contribution in [0.1, 0.15) is 25.0 Å². The number of allylic oxidation sites excluding steroid dienone is 1. The van der Waals surface area contributed by atoms with E-state index in [9.17, 15) is 0 Å². The molecule has 0 spiro atoms. The molecule has 2 aromatic carbocycles. The largest absolute Gasteiger partial charge is 1.00 e. The zero-order valence-corrected chi connectivity index (χ0v) is 14.5. The molecule has 1 nitrogen and oxygen atoms in total. The maximum atomic E-state index is 6.36. The average molecular weight is 332 g/mol. The van der Waals surface area contributed by atoms with E-state index in [2.05, 4.69) is 56.3 Å². The summed E-state index contributed by atoms with van der Waals surface area (Å²) in [7, 11) is 2.10. The molecule has 3 heteroatoms. The fourth-order valence-corrected chi connectivity index (χ4v) is 3.62. The van der Waals surface area contributed by atoms with Crippen molar-refractivity contribution in [3.05, 3.63) is 71.3 Å². The number of hydrogen-bond donors (Lipinski definition) is 0. The molecule has 0 aromatic heterocycles. The lowest BCUT2D eigenvalue weighted by Gasteiger charge is -2.19. The van der Waals surface area contributed by atoms with Gasteiger partial charge in [-0.2, -0.15) is 4.58 Å². The first-order chi connectivity index (χ1) is 9.94. The van der Waals surface area contributed by atoms with Crippen molar-refractivity contribution in [2.45, 2.75) is 19.3 Å². The Kier molecular flexibility index (Phi) is 4.51. The molecule has 0 saturated heterocycles. The maximum absolute atomic E-state index is 6.36. The molecule has 1 heterocycles. The molecule has 0 amide bonds. The summed E-state index contributed by atoms with van der Waals surface area (Å²) in [6.45, 7) is 8.82. The molecule has 0 radical (unpaired) electrons. The highest BCUT2D eigenvalue weighted by atomic mass is 35.5. The summed E-state index contributed by atoms with van der Waals surface area (Å²) in [5, 5.41) is 0.746. The molecular formula is C19H19Cl2N. The summed E-state index contributed by atoms with van der Waals surface area (Å²) < 4.78 is 2.24. The van der Waals surface area contributed by atoms with Crippen LogP contribution in [0.3, 0.4) is 0 Å². The van der Waals surface area contributed by atoms with Crippen molar-refractivity contribution in [3.63, 3.8) is 0 Å². The van der Waals surface area contributed by atoms with E-state index in [1.54, 1.807) is 0 Å². The lowest BCUT2D eigenvalue weighted by molar-refractivity contribution is -0.401. The quantitative estimate of drug-likeness (QED) is 0.741. The van der Waals surface area contributed by atoms with Gasteiger partial charge in [-0.25, -0.2) is 0 Å². The minimum Gasteiger partial charge on any atom is -1.00 e. The van der Waals surface area contributed by atoms with Gasteiger partial charge in [0.25, 0.3) is 0 Å². The highest BCUT2D eigenvalue weighted by Gasteiger charge is 2.45. The van der Waals surface area contributed by atoms with E-state index >= 15 is 0 Å². The summed E-state index contributed by atoms with van der Waals surface area (Å²) in [6.07, 6.45) is 0. The van der Waals surface area contributed by atoms with E-state index in [1.807, 2.05) is 24.3 Å². The summed E-state index contributed by atoms with van der Waals surface area (Å²) in [5.41, 5.74) is 5.69. The van der Waals surface area contributed by atoms with Crippen LogP contribution in [0.25, 0.3) is 5.57 Å². The molecule has 1 aliphatic heterocycles. The third kappa shape index (κ3) is 2.39. The van der Waals surface area contributed by atoms with Crippen LogP contribution < -0.4 is 12.4 Å². The molecule has 114 valence electrons. The molecule has 22 heavy (non-hydrogen) atoms. The summed E-state index contributed by atoms with van der Waals surface area (Å²) in [6, 6.07) is 16.4. The van der Waals surface area contributed by atoms with Gasteiger partial charge in [-0.3, -0.25) is 0 Å². The predicted molar refractivity (Wildman–Crippen MR) is 90.8 cm³/mol. The minimum atomic E-state index is -0.0817. The van der Waals surface area contributed by atoms with Crippen LogP contribution in [-0.2, 0) is 5.41 Å². The van der Waals surface area contributed by atoms with Crippen LogP contribution in [-0.4, -0.2) is 17.3 Å². The fraction of sp³-hybridized carbons (Fsp3) is 0.211. The van der Waals surface area contributed by atoms with Crippen LogP contribution in [0, 0.1) is 0 Å². The molecule has 0 atom stereocenters. The SMILES string of the molecule is C=C(C1=[N+](C)c2ccccc2C1(C)C)c1ccccc1Cl.[Cl-]. The predicted octanol–water partition coefficient (Wildman–Crippen LogP) is 2.06. The topological polar surface area (TPSA) is 3.01 Å². The Balaban J connectivity index is 0.00000176. The van der Waals surface area contributed by atoms with Crippen LogP contribution in [0.2, 0.25) is 5.02 Å². The first-order valence-electron chi connectivity index (χ1n) is 7.09. The van der Waals surface area contributed by atoms with E-state index in [-0.39, 0.29) is 17.8 Å². The van der Waals surface area contributed by atoms with Crippen molar-refractivity contribution in [2.24, 2.45) is 0 Å². The van der Waals surface area contributed by atoms with Gasteiger partial charge in [-0.05, 0) is 19.9 Å². The van der Waals surface area contributed by atoms with Crippen molar-refractivity contribution >= 4 is 28.6 Å². The lowest BCUT2D eigenvalue weighted by Crippen LogP contribution is -3.00. The van der Waals surface area contributed by atoms with Crippen LogP contribution >= 0.6 is 11.6 Å². The fourth-order valence-electron chi connectivity index (χ4n) is 3.38. The minimum absolute atomic E-state index is 0. The number of rotatable bonds is 2. The molecular weight excluding hydrogens is 313 g/mol. The third-order valence-corrected chi connectivity index (χ3v) is 4.68. The lowest BCUT2D eigenvalue weighted by atomic mass is 9.78. The standard InChI is InChI=1S/C19H19ClN.ClH/c1-13(14-9-5-7-11-16(14)20)18-19(2,3)15-10-6-8-12-17(15)21(18)4;/h5-12H,1H2,2-4H3;1H/q+1;/p-1. The van der Waals surface area contributed by atoms with E-state index in [0.717, 1.165) is 16.2 Å². The van der Waals surface area contributed by atoms with Gasteiger partial charge in [0.05, 0.1) is 5.41 Å². The Hall–Kier alpha value is -1.57. The third-order valence-electron chi connectivity index (χ3n) is 4.35. The molecule has 0 fully saturated rings. The number of para-hydroxylation sites is 1. The van der Waals surface area contributed by atoms with Crippen LogP contribution in [0.15, 0.2) is 55.1 Å². The number of nitrogens with zero attached hydrogens (tertiary/aromatic N) is 1. The smallest absolute Gasteiger partial charge is 0.209 e. The Bertz CT molecular complexity index is 773. The van der Waals surface area contributed by atoms with Crippen molar-refractivity contribution in [1.29, 1.82) is 0 Å². The number of halogens is 2. The molecule has 0 N–H and O–H groups in total. The zero-order chi connectivity index (χ0) is 15.2. The van der Waals surface area contributed by atoms with Crippen molar-refractivity contribution in [3.8, 4) is 0 Å². The first kappa shape index (κ1) is 16.8. The molecule has 3 rings (SSSR count). The molecule has 0 aliphatic carbocycles. The average Bonchev–Trinajstić information content (AvgIpc) is 2.67. The van der Waals surface area contributed by atoms with E-state index in [0.29, 0.717) is 0 Å². The van der Waals surface area contributed by atoms with Gasteiger partial charge in [0.1, 0.15) is 7.05 Å². The molecule has 2 aromatic rings. The Morgan fingerprint density at radius 2 is 1.64 bits per heavy atom. The molecule has 1 aliphatic rings. The van der Waals surface area contributed by atoms with Gasteiger partial charge >= 0.3 is 0 Å². The molecule has 0 bridgehead atoms. The summed E-state index contributed by atoms with van der Waals surface area (Å²) in [4.78, 5) is 0. The summed E-state index contributed by atoms with van der Waals surface area (Å²) >= 11 is 6.36. The van der Waals surface area contributed by atoms with Gasteiger partial charge in [0, 0.05) is 27.8 Å². The monoisotopic (exact) mass is 331 g/mol. The number of benzene rings is 2. The number of fused-ring (bicyclic) bond motifs is 1. The van der Waals surface area contributed by atoms with Crippen molar-refractivity contribution < 1.29 is 17.0 Å². The highest BCUT2D eigenvalue weighted by Crippen LogP contribution is 2.42. The van der Waals surface area contributed by atoms with Gasteiger partial charge < -0.3 is 12.4 Å². The van der Waals surface area contributed by atoms with Crippen LogP contribution in [0.4, 0.5) is 5.69 Å². The summed E-state index contributed by atoms with van der Waals surface area (Å²) in [5.74, 6) is 0. The van der Waals surface area contributed by atoms with Gasteiger partial charge in [0.15, 0.2) is 5.71 Å². The zero-order valence-electron chi connectivity index (χ0n) is 13.0. The van der Waals surface area contributed by atoms with Crippen LogP contribution in [0.5, 0.6) is 0 Å². The van der Waals surface area contributed by atoms with Gasteiger partial charge in [0.2, 0.25) is 5.69 Å². The normalized spacial score (nSPS) is 15.3. The Labute approximate surface area is 143 Å².